The number of pyridine rings is 1. The summed E-state index contributed by atoms with van der Waals surface area (Å²) in [6.45, 7) is 6.77. The summed E-state index contributed by atoms with van der Waals surface area (Å²) in [5, 5.41) is 9.59. The van der Waals surface area contributed by atoms with Gasteiger partial charge in [-0.25, -0.2) is 9.50 Å². The maximum atomic E-state index is 4.98. The predicted molar refractivity (Wildman–Crippen MR) is 129 cm³/mol. The number of aromatic nitrogens is 5. The van der Waals surface area contributed by atoms with E-state index in [9.17, 15) is 0 Å². The molecule has 8 heteroatoms. The molecule has 7 nitrogen and oxygen atoms in total. The van der Waals surface area contributed by atoms with Crippen LogP contribution in [0.2, 0.25) is 0 Å². The molecule has 1 aliphatic carbocycles. The maximum Gasteiger partial charge on any atom is 0.243 e. The van der Waals surface area contributed by atoms with E-state index in [0.29, 0.717) is 29.5 Å². The lowest BCUT2D eigenvalue weighted by molar-refractivity contribution is 0.225. The fourth-order valence-electron chi connectivity index (χ4n) is 6.20. The highest BCUT2D eigenvalue weighted by molar-refractivity contribution is 7.09. The van der Waals surface area contributed by atoms with E-state index in [2.05, 4.69) is 45.6 Å². The Bertz CT molecular complexity index is 1090. The first-order chi connectivity index (χ1) is 15.4. The lowest BCUT2D eigenvalue weighted by Crippen LogP contribution is -2.47. The van der Waals surface area contributed by atoms with Crippen LogP contribution >= 0.6 is 11.5 Å². The van der Waals surface area contributed by atoms with E-state index in [1.807, 2.05) is 17.6 Å². The minimum absolute atomic E-state index is 0.411. The summed E-state index contributed by atoms with van der Waals surface area (Å²) in [7, 11) is 0. The third-order valence-electron chi connectivity index (χ3n) is 7.98. The molecule has 5 heterocycles. The van der Waals surface area contributed by atoms with E-state index in [1.54, 1.807) is 11.5 Å². The Morgan fingerprint density at radius 3 is 2.50 bits per heavy atom. The average Bonchev–Trinajstić information content (AvgIpc) is 3.43. The van der Waals surface area contributed by atoms with E-state index in [-0.39, 0.29) is 0 Å². The quantitative estimate of drug-likeness (QED) is 0.589. The standard InChI is InChI=1S/C24H33N7S/c1-15-25-23(32-29-15)31-18-6-7-19(31)14-17(13-18)26-22-27-21-20(5-4-12-30(21)28-22)16-8-10-24(2,3)11-9-16/h4-5,12,16-19H,6-11,13-14H2,1-3H3,(H,26,28). The molecule has 6 rings (SSSR count). The molecule has 0 radical (unpaired) electrons. The van der Waals surface area contributed by atoms with Crippen molar-refractivity contribution in [3.8, 4) is 0 Å². The maximum absolute atomic E-state index is 4.98. The Balaban J connectivity index is 1.18. The second-order valence-corrected chi connectivity index (χ2v) is 11.6. The van der Waals surface area contributed by atoms with Crippen LogP contribution in [-0.4, -0.2) is 42.1 Å². The molecule has 2 unspecified atom stereocenters. The third kappa shape index (κ3) is 3.66. The molecule has 3 fully saturated rings. The molecule has 0 aromatic carbocycles. The van der Waals surface area contributed by atoms with Gasteiger partial charge in [0.05, 0.1) is 0 Å². The second kappa shape index (κ2) is 7.68. The van der Waals surface area contributed by atoms with Gasteiger partial charge in [0.15, 0.2) is 5.65 Å². The lowest BCUT2D eigenvalue weighted by atomic mass is 9.71. The minimum Gasteiger partial charge on any atom is -0.350 e. The lowest BCUT2D eigenvalue weighted by Gasteiger charge is -2.38. The number of piperidine rings is 1. The van der Waals surface area contributed by atoms with Crippen molar-refractivity contribution in [1.82, 2.24) is 24.0 Å². The van der Waals surface area contributed by atoms with Crippen LogP contribution < -0.4 is 10.2 Å². The van der Waals surface area contributed by atoms with Gasteiger partial charge in [-0.3, -0.25) is 0 Å². The van der Waals surface area contributed by atoms with Crippen molar-refractivity contribution < 1.29 is 0 Å². The normalized spacial score (nSPS) is 27.8. The molecule has 1 saturated carbocycles. The third-order valence-corrected chi connectivity index (χ3v) is 8.80. The van der Waals surface area contributed by atoms with Crippen LogP contribution in [0.1, 0.15) is 82.5 Å². The van der Waals surface area contributed by atoms with Crippen molar-refractivity contribution in [2.24, 2.45) is 5.41 Å². The van der Waals surface area contributed by atoms with Crippen molar-refractivity contribution in [3.05, 3.63) is 29.7 Å². The molecular formula is C24H33N7S. The van der Waals surface area contributed by atoms with Gasteiger partial charge in [-0.15, -0.1) is 5.10 Å². The van der Waals surface area contributed by atoms with Gasteiger partial charge in [0, 0.05) is 41.4 Å². The molecule has 2 saturated heterocycles. The van der Waals surface area contributed by atoms with Crippen LogP contribution in [0.25, 0.3) is 5.65 Å². The molecular weight excluding hydrogens is 418 g/mol. The van der Waals surface area contributed by atoms with Crippen molar-refractivity contribution in [2.45, 2.75) is 96.2 Å². The Morgan fingerprint density at radius 2 is 1.81 bits per heavy atom. The van der Waals surface area contributed by atoms with E-state index in [1.165, 1.54) is 44.1 Å². The zero-order chi connectivity index (χ0) is 21.9. The van der Waals surface area contributed by atoms with E-state index in [0.717, 1.165) is 35.4 Å². The number of nitrogens with one attached hydrogen (secondary N) is 1. The van der Waals surface area contributed by atoms with E-state index in [4.69, 9.17) is 10.1 Å². The van der Waals surface area contributed by atoms with Gasteiger partial charge in [0.2, 0.25) is 11.1 Å². The molecule has 2 bridgehead atoms. The van der Waals surface area contributed by atoms with Crippen LogP contribution in [-0.2, 0) is 0 Å². The number of anilines is 2. The first kappa shape index (κ1) is 20.4. The van der Waals surface area contributed by atoms with E-state index >= 15 is 0 Å². The first-order valence-corrected chi connectivity index (χ1v) is 12.9. The van der Waals surface area contributed by atoms with Crippen LogP contribution in [0.4, 0.5) is 11.1 Å². The Kier molecular flexibility index (Phi) is 4.89. The molecule has 2 aliphatic heterocycles. The zero-order valence-corrected chi connectivity index (χ0v) is 20.1. The first-order valence-electron chi connectivity index (χ1n) is 12.2. The van der Waals surface area contributed by atoms with Gasteiger partial charge in [-0.05, 0) is 75.7 Å². The van der Waals surface area contributed by atoms with Gasteiger partial charge < -0.3 is 10.2 Å². The number of rotatable bonds is 4. The number of hydrogen-bond donors (Lipinski definition) is 1. The molecule has 0 spiro atoms. The van der Waals surface area contributed by atoms with Crippen molar-refractivity contribution >= 4 is 28.3 Å². The summed E-state index contributed by atoms with van der Waals surface area (Å²) in [5.74, 6) is 2.26. The predicted octanol–water partition coefficient (Wildman–Crippen LogP) is 5.18. The van der Waals surface area contributed by atoms with Gasteiger partial charge in [-0.2, -0.15) is 9.36 Å². The molecule has 3 aliphatic rings. The Morgan fingerprint density at radius 1 is 1.06 bits per heavy atom. The molecule has 1 N–H and O–H groups in total. The summed E-state index contributed by atoms with van der Waals surface area (Å²) < 4.78 is 6.38. The topological polar surface area (TPSA) is 71.2 Å². The van der Waals surface area contributed by atoms with Gasteiger partial charge >= 0.3 is 0 Å². The largest absolute Gasteiger partial charge is 0.350 e. The Labute approximate surface area is 193 Å². The molecule has 0 amide bonds. The molecule has 170 valence electrons. The molecule has 32 heavy (non-hydrogen) atoms. The van der Waals surface area contributed by atoms with E-state index < -0.39 is 0 Å². The second-order valence-electron chi connectivity index (χ2n) is 10.8. The minimum atomic E-state index is 0.411. The average molecular weight is 452 g/mol. The highest BCUT2D eigenvalue weighted by atomic mass is 32.1. The summed E-state index contributed by atoms with van der Waals surface area (Å²) in [5.41, 5.74) is 2.87. The Hall–Kier alpha value is -2.22. The highest BCUT2D eigenvalue weighted by Gasteiger charge is 2.42. The zero-order valence-electron chi connectivity index (χ0n) is 19.3. The number of aryl methyl sites for hydroxylation is 1. The summed E-state index contributed by atoms with van der Waals surface area (Å²) >= 11 is 1.54. The molecule has 2 atom stereocenters. The van der Waals surface area contributed by atoms with Crippen molar-refractivity contribution in [3.63, 3.8) is 0 Å². The van der Waals surface area contributed by atoms with Crippen molar-refractivity contribution in [1.29, 1.82) is 0 Å². The van der Waals surface area contributed by atoms with Crippen LogP contribution in [0.15, 0.2) is 18.3 Å². The van der Waals surface area contributed by atoms with Gasteiger partial charge in [0.25, 0.3) is 0 Å². The van der Waals surface area contributed by atoms with Crippen LogP contribution in [0.5, 0.6) is 0 Å². The number of nitrogens with zero attached hydrogens (tertiary/aromatic N) is 6. The number of hydrogen-bond acceptors (Lipinski definition) is 7. The SMILES string of the molecule is Cc1nsc(N2C3CCC2CC(Nc2nc4c(C5CCC(C)(C)CC5)cccn4n2)C3)n1. The van der Waals surface area contributed by atoms with Crippen LogP contribution in [0, 0.1) is 12.3 Å². The monoisotopic (exact) mass is 451 g/mol. The smallest absolute Gasteiger partial charge is 0.243 e. The molecule has 3 aromatic heterocycles. The molecule has 3 aromatic rings. The summed E-state index contributed by atoms with van der Waals surface area (Å²) in [4.78, 5) is 12.2. The van der Waals surface area contributed by atoms with Crippen LogP contribution in [0.3, 0.4) is 0 Å². The fraction of sp³-hybridized carbons (Fsp3) is 0.667. The highest BCUT2D eigenvalue weighted by Crippen LogP contribution is 2.43. The summed E-state index contributed by atoms with van der Waals surface area (Å²) in [6, 6.07) is 5.88. The van der Waals surface area contributed by atoms with Gasteiger partial charge in [-0.1, -0.05) is 19.9 Å². The number of fused-ring (bicyclic) bond motifs is 3. The fourth-order valence-corrected chi connectivity index (χ4v) is 7.02. The van der Waals surface area contributed by atoms with Gasteiger partial charge in [0.1, 0.15) is 5.82 Å². The summed E-state index contributed by atoms with van der Waals surface area (Å²) in [6.07, 6.45) is 11.8. The van der Waals surface area contributed by atoms with Crippen molar-refractivity contribution in [2.75, 3.05) is 10.2 Å².